The Kier molecular flexibility index (Phi) is 8.75. The Morgan fingerprint density at radius 2 is 1.00 bits per heavy atom. The Balaban J connectivity index is 0.951. The van der Waals surface area contributed by atoms with E-state index in [0.717, 1.165) is 23.5 Å². The van der Waals surface area contributed by atoms with Crippen molar-refractivity contribution >= 4 is 126 Å². The molecule has 0 N–H and O–H groups in total. The summed E-state index contributed by atoms with van der Waals surface area (Å²) in [5.41, 5.74) is 21.0. The van der Waals surface area contributed by atoms with E-state index < -0.39 is 5.41 Å². The molecule has 3 nitrogen and oxygen atoms in total. The zero-order valence-electron chi connectivity index (χ0n) is 42.2. The highest BCUT2D eigenvalue weighted by Crippen LogP contribution is 2.65. The Morgan fingerprint density at radius 1 is 0.410 bits per heavy atom. The number of fused-ring (bicyclic) bond motifs is 23. The molecule has 11 aromatic carbocycles. The van der Waals surface area contributed by atoms with Crippen LogP contribution in [0, 0.1) is 0 Å². The van der Waals surface area contributed by atoms with Crippen molar-refractivity contribution in [3.63, 3.8) is 0 Å². The lowest BCUT2D eigenvalue weighted by molar-refractivity contribution is 0.777. The third kappa shape index (κ3) is 5.61. The van der Waals surface area contributed by atoms with Crippen LogP contribution < -0.4 is 9.80 Å². The van der Waals surface area contributed by atoms with E-state index in [1.807, 2.05) is 22.7 Å². The van der Waals surface area contributed by atoms with Crippen LogP contribution in [0.1, 0.15) is 32.7 Å². The molecule has 3 aliphatic rings. The van der Waals surface area contributed by atoms with E-state index in [0.29, 0.717) is 0 Å². The van der Waals surface area contributed by atoms with Gasteiger partial charge in [-0.05, 0) is 117 Å². The molecule has 0 aliphatic heterocycles. The fraction of sp³-hybridized carbons (Fsp3) is 0.0411. The Hall–Kier alpha value is -9.26. The fourth-order valence-electron chi connectivity index (χ4n) is 14.6. The van der Waals surface area contributed by atoms with Gasteiger partial charge < -0.3 is 14.2 Å². The van der Waals surface area contributed by atoms with Crippen molar-refractivity contribution < 1.29 is 0 Å². The summed E-state index contributed by atoms with van der Waals surface area (Å²) in [6, 6.07) is 91.7. The van der Waals surface area contributed by atoms with Gasteiger partial charge >= 0.3 is 0 Å². The molecule has 0 saturated carbocycles. The highest BCUT2D eigenvalue weighted by atomic mass is 32.1. The summed E-state index contributed by atoms with van der Waals surface area (Å²) >= 11 is 3.82. The molecule has 1 unspecified atom stereocenters. The summed E-state index contributed by atoms with van der Waals surface area (Å²) in [6.07, 6.45) is 5.76. The lowest BCUT2D eigenvalue weighted by atomic mass is 9.70. The van der Waals surface area contributed by atoms with Crippen molar-refractivity contribution in [1.82, 2.24) is 4.40 Å². The number of nitrogens with zero attached hydrogens (tertiary/aromatic N) is 3. The minimum absolute atomic E-state index is 0.110. The quantitative estimate of drug-likeness (QED) is 0.164. The maximum absolute atomic E-state index is 2.69. The van der Waals surface area contributed by atoms with Gasteiger partial charge in [0.25, 0.3) is 0 Å². The molecule has 4 heterocycles. The first-order chi connectivity index (χ1) is 38.7. The smallest absolute Gasteiger partial charge is 0.0726 e. The first-order valence-corrected chi connectivity index (χ1v) is 28.7. The Labute approximate surface area is 458 Å². The molecule has 0 radical (unpaired) electrons. The van der Waals surface area contributed by atoms with Gasteiger partial charge in [0, 0.05) is 86.0 Å². The molecule has 0 amide bonds. The SMILES string of the molecule is C1=CC(N(c2ccccc2)c2ccc3c4ccc(N(c5ccccc5)c5ccc6c(c5)sc5ccccc56)c5c6ccc7c(c6n(c3c2)c45)-c2ccccc2C72c3ccccc3-c3ccccc32)Cc2sc3ccccc3c21. The molecule has 0 bridgehead atoms. The number of benzene rings is 11. The second kappa shape index (κ2) is 15.9. The molecular formula is C73H45N3S2. The van der Waals surface area contributed by atoms with Crippen molar-refractivity contribution in [2.75, 3.05) is 9.80 Å². The molecule has 1 atom stereocenters. The normalized spacial score (nSPS) is 14.8. The highest BCUT2D eigenvalue weighted by molar-refractivity contribution is 7.25. The van der Waals surface area contributed by atoms with Crippen LogP contribution in [-0.4, -0.2) is 10.4 Å². The number of hydrogen-bond acceptors (Lipinski definition) is 4. The molecule has 3 aliphatic carbocycles. The van der Waals surface area contributed by atoms with E-state index in [-0.39, 0.29) is 6.04 Å². The second-order valence-electron chi connectivity index (χ2n) is 21.4. The summed E-state index contributed by atoms with van der Waals surface area (Å²) in [5.74, 6) is 0. The molecule has 5 heteroatoms. The van der Waals surface area contributed by atoms with E-state index in [1.165, 1.54) is 135 Å². The Bertz CT molecular complexity index is 4990. The molecule has 364 valence electrons. The van der Waals surface area contributed by atoms with Crippen LogP contribution in [0.25, 0.3) is 96.7 Å². The van der Waals surface area contributed by atoms with Gasteiger partial charge in [-0.25, -0.2) is 0 Å². The molecule has 1 spiro atoms. The molecule has 78 heavy (non-hydrogen) atoms. The number of thiophene rings is 2. The van der Waals surface area contributed by atoms with Crippen LogP contribution in [0.2, 0.25) is 0 Å². The fourth-order valence-corrected chi connectivity index (χ4v) is 17.0. The summed E-state index contributed by atoms with van der Waals surface area (Å²) in [4.78, 5) is 6.54. The van der Waals surface area contributed by atoms with Crippen molar-refractivity contribution in [3.8, 4) is 22.3 Å². The number of rotatable bonds is 6. The average molecular weight is 1030 g/mol. The topological polar surface area (TPSA) is 10.9 Å². The first-order valence-electron chi connectivity index (χ1n) is 27.1. The lowest BCUT2D eigenvalue weighted by Crippen LogP contribution is -2.32. The van der Waals surface area contributed by atoms with E-state index in [4.69, 9.17) is 0 Å². The van der Waals surface area contributed by atoms with Crippen molar-refractivity contribution in [2.45, 2.75) is 17.9 Å². The molecular weight excluding hydrogens is 983 g/mol. The third-order valence-corrected chi connectivity index (χ3v) is 20.0. The van der Waals surface area contributed by atoms with Crippen LogP contribution in [0.15, 0.2) is 249 Å². The monoisotopic (exact) mass is 1030 g/mol. The van der Waals surface area contributed by atoms with Crippen LogP contribution in [0.4, 0.5) is 28.4 Å². The minimum Gasteiger partial charge on any atom is -0.334 e. The van der Waals surface area contributed by atoms with E-state index in [9.17, 15) is 0 Å². The molecule has 15 aromatic rings. The van der Waals surface area contributed by atoms with Gasteiger partial charge in [0.1, 0.15) is 0 Å². The van der Waals surface area contributed by atoms with Crippen molar-refractivity contribution in [2.24, 2.45) is 0 Å². The van der Waals surface area contributed by atoms with Crippen LogP contribution >= 0.6 is 22.7 Å². The molecule has 18 rings (SSSR count). The second-order valence-corrected chi connectivity index (χ2v) is 23.6. The zero-order valence-corrected chi connectivity index (χ0v) is 43.8. The van der Waals surface area contributed by atoms with Gasteiger partial charge in [-0.15, -0.1) is 22.7 Å². The van der Waals surface area contributed by atoms with Gasteiger partial charge in [0.2, 0.25) is 0 Å². The van der Waals surface area contributed by atoms with Crippen molar-refractivity contribution in [1.29, 1.82) is 0 Å². The molecule has 4 aromatic heterocycles. The number of hydrogen-bond donors (Lipinski definition) is 0. The van der Waals surface area contributed by atoms with E-state index in [2.05, 4.69) is 269 Å². The summed E-state index contributed by atoms with van der Waals surface area (Å²) in [7, 11) is 0. The van der Waals surface area contributed by atoms with Gasteiger partial charge in [0.15, 0.2) is 0 Å². The maximum atomic E-state index is 2.69. The minimum atomic E-state index is -0.489. The largest absolute Gasteiger partial charge is 0.334 e. The summed E-state index contributed by atoms with van der Waals surface area (Å²) in [6.45, 7) is 0. The van der Waals surface area contributed by atoms with Gasteiger partial charge in [0.05, 0.1) is 33.7 Å². The van der Waals surface area contributed by atoms with Crippen LogP contribution in [-0.2, 0) is 11.8 Å². The first kappa shape index (κ1) is 42.9. The highest BCUT2D eigenvalue weighted by Gasteiger charge is 2.52. The van der Waals surface area contributed by atoms with Gasteiger partial charge in [-0.3, -0.25) is 0 Å². The number of para-hydroxylation sites is 2. The van der Waals surface area contributed by atoms with Gasteiger partial charge in [-0.1, -0.05) is 188 Å². The Morgan fingerprint density at radius 3 is 1.77 bits per heavy atom. The molecule has 0 saturated heterocycles. The predicted octanol–water partition coefficient (Wildman–Crippen LogP) is 20.0. The third-order valence-electron chi connectivity index (χ3n) is 17.6. The van der Waals surface area contributed by atoms with Crippen LogP contribution in [0.3, 0.4) is 0 Å². The predicted molar refractivity (Wildman–Crippen MR) is 332 cm³/mol. The summed E-state index contributed by atoms with van der Waals surface area (Å²) < 4.78 is 6.63. The van der Waals surface area contributed by atoms with E-state index >= 15 is 0 Å². The average Bonchev–Trinajstić information content (AvgIpc) is 2.60. The number of anilines is 5. The maximum Gasteiger partial charge on any atom is 0.0726 e. The number of aromatic nitrogens is 1. The standard InChI is InChI=1S/C73H45N3S2/c1-3-17-44(18-4-1)74(47-32-35-54-52-23-10-15-29-65(52)77-67(54)42-47)46-31-34-51-56-38-40-63(75(45-19-5-2-6-20-45)48-33-36-55-53-24-11-16-30-66(53)78-68(55)43-48)70-58-37-39-62-69(72(58)76(71(56)70)64(51)41-46)57-25-9-14-28-61(57)73(62)59-26-12-7-21-49(59)50-22-8-13-27-60(50)73/h1-41,43,47H,42H2. The zero-order chi connectivity index (χ0) is 50.8. The van der Waals surface area contributed by atoms with E-state index in [1.54, 1.807) is 0 Å². The lowest BCUT2D eigenvalue weighted by Gasteiger charge is -2.33. The van der Waals surface area contributed by atoms with Gasteiger partial charge in [-0.2, -0.15) is 0 Å². The van der Waals surface area contributed by atoms with Crippen LogP contribution in [0.5, 0.6) is 0 Å². The molecule has 0 fully saturated rings. The van der Waals surface area contributed by atoms with Crippen molar-refractivity contribution in [3.05, 3.63) is 281 Å². The summed E-state index contributed by atoms with van der Waals surface area (Å²) in [5, 5.41) is 8.96.